The van der Waals surface area contributed by atoms with E-state index in [-0.39, 0.29) is 74.5 Å². The molecule has 16 atom stereocenters. The summed E-state index contributed by atoms with van der Waals surface area (Å²) >= 11 is 0. The standard InChI is InChI=1S/C55H81N7O18/c1-6-8-43-79-41-22-34-33-15-12-30-21-32(64)18-19-53(30,4)44(33)37(65)23-54(34,5)55(41,80-43)40(68)27-78-52(76)77-26-29-10-13-31(14-11-29)60-48(72)36(9-7-20-59-51(58)75)61-49(73)45(28(2)3)62(50(74)35(56)16-17-42(57)69)24-38(66)46(70)47(71)39(67)25-63/h10-11,13-14,18-19,21,28,33-39,41,43-47,63,65-67,70-71H,6-9,12,15-17,20,22-27,56H2,1-5H3,(H2,57,69)(H,60,72)(H,61,73)(H3,58,59,75)/t33-,34-,35+,36-,37-,38-,39+,41+,43?,44+,45-,46+,47+,53-,54-,55+/m0/s1. The molecule has 25 heteroatoms. The average molecular weight is 1130 g/mol. The molecule has 80 heavy (non-hydrogen) atoms. The van der Waals surface area contributed by atoms with Crippen molar-refractivity contribution in [2.75, 3.05) is 31.6 Å². The maximum absolute atomic E-state index is 14.6. The lowest BCUT2D eigenvalue weighted by atomic mass is 9.46. The highest BCUT2D eigenvalue weighted by molar-refractivity contribution is 6.01. The van der Waals surface area contributed by atoms with Crippen LogP contribution in [-0.4, -0.2) is 176 Å². The van der Waals surface area contributed by atoms with Crippen molar-refractivity contribution in [3.63, 3.8) is 0 Å². The van der Waals surface area contributed by atoms with Crippen molar-refractivity contribution < 1.29 is 87.9 Å². The highest BCUT2D eigenvalue weighted by Crippen LogP contribution is 2.69. The monoisotopic (exact) mass is 1130 g/mol. The number of ether oxygens (including phenoxy) is 4. The third-order valence-corrected chi connectivity index (χ3v) is 17.0. The number of anilines is 1. The van der Waals surface area contributed by atoms with Gasteiger partial charge in [-0.15, -0.1) is 0 Å². The largest absolute Gasteiger partial charge is 0.509 e. The Kier molecular flexibility index (Phi) is 21.2. The van der Waals surface area contributed by atoms with Crippen LogP contribution in [0, 0.1) is 34.5 Å². The Hall–Kier alpha value is -5.90. The molecule has 0 spiro atoms. The Labute approximate surface area is 464 Å². The third-order valence-electron chi connectivity index (χ3n) is 17.0. The first-order valence-electron chi connectivity index (χ1n) is 27.4. The molecule has 6 rings (SSSR count). The molecule has 25 nitrogen and oxygen atoms in total. The number of hydrogen-bond donors (Lipinski definition) is 12. The molecule has 1 aromatic rings. The molecule has 15 N–H and O–H groups in total. The minimum atomic E-state index is -2.14. The summed E-state index contributed by atoms with van der Waals surface area (Å²) in [6.07, 6.45) is -3.53. The zero-order valence-corrected chi connectivity index (χ0v) is 46.0. The van der Waals surface area contributed by atoms with Crippen LogP contribution in [-0.2, 0) is 54.3 Å². The normalized spacial score (nSPS) is 29.2. The fourth-order valence-corrected chi connectivity index (χ4v) is 13.0. The number of amides is 6. The first-order chi connectivity index (χ1) is 37.7. The fraction of sp³-hybridized carbons (Fsp3) is 0.673. The summed E-state index contributed by atoms with van der Waals surface area (Å²) in [6, 6.07) is 0.842. The van der Waals surface area contributed by atoms with E-state index in [1.807, 2.05) is 19.9 Å². The first-order valence-corrected chi connectivity index (χ1v) is 27.4. The summed E-state index contributed by atoms with van der Waals surface area (Å²) in [5, 5.41) is 70.9. The topological polar surface area (TPSA) is 412 Å². The Morgan fingerprint density at radius 3 is 2.27 bits per heavy atom. The van der Waals surface area contributed by atoms with Gasteiger partial charge in [-0.1, -0.05) is 64.8 Å². The number of urea groups is 1. The maximum atomic E-state index is 14.6. The summed E-state index contributed by atoms with van der Waals surface area (Å²) < 4.78 is 24.0. The van der Waals surface area contributed by atoms with Gasteiger partial charge in [0.15, 0.2) is 24.3 Å². The van der Waals surface area contributed by atoms with Gasteiger partial charge in [-0.25, -0.2) is 9.59 Å². The average Bonchev–Trinajstić information content (AvgIpc) is 3.89. The predicted molar refractivity (Wildman–Crippen MR) is 284 cm³/mol. The number of nitrogens with two attached hydrogens (primary N) is 3. The van der Waals surface area contributed by atoms with E-state index in [1.54, 1.807) is 12.2 Å². The number of primary amides is 2. The highest BCUT2D eigenvalue weighted by Gasteiger charge is 2.76. The van der Waals surface area contributed by atoms with Gasteiger partial charge in [0.1, 0.15) is 43.1 Å². The van der Waals surface area contributed by atoms with E-state index in [1.165, 1.54) is 38.1 Å². The Morgan fingerprint density at radius 2 is 1.64 bits per heavy atom. The minimum Gasteiger partial charge on any atom is -0.429 e. The van der Waals surface area contributed by atoms with Crippen molar-refractivity contribution in [1.82, 2.24) is 15.5 Å². The van der Waals surface area contributed by atoms with E-state index in [4.69, 9.17) is 36.1 Å². The molecule has 1 aliphatic heterocycles. The molecule has 4 aliphatic carbocycles. The van der Waals surface area contributed by atoms with E-state index in [0.717, 1.165) is 16.9 Å². The van der Waals surface area contributed by atoms with Crippen molar-refractivity contribution in [3.05, 3.63) is 53.6 Å². The number of hydrogen-bond acceptors (Lipinski definition) is 19. The lowest BCUT2D eigenvalue weighted by Crippen LogP contribution is -2.63. The highest BCUT2D eigenvalue weighted by atomic mass is 16.8. The van der Waals surface area contributed by atoms with Gasteiger partial charge in [-0.3, -0.25) is 28.8 Å². The summed E-state index contributed by atoms with van der Waals surface area (Å²) in [5.74, 6) is -5.11. The summed E-state index contributed by atoms with van der Waals surface area (Å²) in [5.41, 5.74) is 15.3. The molecular formula is C55H81N7O18. The summed E-state index contributed by atoms with van der Waals surface area (Å²) in [7, 11) is 0. The van der Waals surface area contributed by atoms with Crippen LogP contribution in [0.15, 0.2) is 48.1 Å². The van der Waals surface area contributed by atoms with Crippen LogP contribution in [0.1, 0.15) is 104 Å². The van der Waals surface area contributed by atoms with Crippen molar-refractivity contribution in [3.8, 4) is 0 Å². The Morgan fingerprint density at radius 1 is 0.950 bits per heavy atom. The van der Waals surface area contributed by atoms with Crippen LogP contribution >= 0.6 is 0 Å². The zero-order chi connectivity index (χ0) is 59.0. The number of nitrogens with zero attached hydrogens (tertiary/aromatic N) is 1. The van der Waals surface area contributed by atoms with Gasteiger partial charge in [0.05, 0.1) is 31.4 Å². The molecule has 4 fully saturated rings. The summed E-state index contributed by atoms with van der Waals surface area (Å²) in [6.45, 7) is 6.22. The number of rotatable bonds is 27. The molecule has 0 aromatic heterocycles. The number of carbonyl (C=O) groups is 8. The second kappa shape index (κ2) is 26.8. The van der Waals surface area contributed by atoms with Crippen LogP contribution < -0.4 is 33.2 Å². The third kappa shape index (κ3) is 13.7. The number of aliphatic hydroxyl groups is 6. The van der Waals surface area contributed by atoms with E-state index in [2.05, 4.69) is 22.9 Å². The van der Waals surface area contributed by atoms with Crippen molar-refractivity contribution >= 4 is 53.1 Å². The first kappa shape index (κ1) is 63.3. The minimum absolute atomic E-state index is 0.00478. The van der Waals surface area contributed by atoms with Gasteiger partial charge >= 0.3 is 12.2 Å². The van der Waals surface area contributed by atoms with E-state index < -0.39 is 145 Å². The second-order valence-electron chi connectivity index (χ2n) is 22.7. The molecule has 3 saturated carbocycles. The van der Waals surface area contributed by atoms with Crippen LogP contribution in [0.25, 0.3) is 0 Å². The molecule has 6 amide bonds. The Balaban J connectivity index is 1.11. The predicted octanol–water partition coefficient (Wildman–Crippen LogP) is -0.168. The second-order valence-corrected chi connectivity index (χ2v) is 22.7. The quantitative estimate of drug-likeness (QED) is 0.0402. The van der Waals surface area contributed by atoms with E-state index >= 15 is 0 Å². The number of carbonyl (C=O) groups excluding carboxylic acids is 8. The molecular weight excluding hydrogens is 1050 g/mol. The molecule has 1 aromatic carbocycles. The number of benzene rings is 1. The Bertz CT molecular complexity index is 2500. The number of allylic oxidation sites excluding steroid dienone is 4. The van der Waals surface area contributed by atoms with Gasteiger partial charge in [0, 0.05) is 35.4 Å². The molecule has 1 saturated heterocycles. The van der Waals surface area contributed by atoms with Crippen LogP contribution in [0.3, 0.4) is 0 Å². The number of fused-ring (bicyclic) bond motifs is 7. The number of Topliss-reactive ketones (excluding diaryl/α,β-unsaturated/α-hetero) is 1. The molecule has 0 radical (unpaired) electrons. The lowest BCUT2D eigenvalue weighted by molar-refractivity contribution is -0.200. The number of aliphatic hydroxyl groups excluding tert-OH is 6. The van der Waals surface area contributed by atoms with Crippen molar-refractivity contribution in [1.29, 1.82) is 0 Å². The maximum Gasteiger partial charge on any atom is 0.509 e. The van der Waals surface area contributed by atoms with Gasteiger partial charge < -0.3 is 87.6 Å². The van der Waals surface area contributed by atoms with Crippen molar-refractivity contribution in [2.45, 2.75) is 172 Å². The van der Waals surface area contributed by atoms with Crippen LogP contribution in [0.5, 0.6) is 0 Å². The van der Waals surface area contributed by atoms with E-state index in [0.29, 0.717) is 31.2 Å². The fourth-order valence-electron chi connectivity index (χ4n) is 13.0. The smallest absolute Gasteiger partial charge is 0.429 e. The molecule has 444 valence electrons. The van der Waals surface area contributed by atoms with Gasteiger partial charge in [0.25, 0.3) is 0 Å². The number of nitrogens with one attached hydrogen (secondary N) is 3. The SMILES string of the molecule is CCCC1O[C@@H]2C[C@H]3[C@@H]4CCC5=CC(=O)C=C[C@]5(C)[C@H]4[C@@H](O)C[C@]3(C)[C@]2(C(=O)COC(=O)OCc2ccc(NC(=O)[C@H](CCCNC(N)=O)NC(=O)[C@H](C(C)C)N(C[C@H](O)[C@@H](O)[C@H](O)[C@H](O)CO)C(=O)[C@H](N)CCC(N)=O)cc2)O1. The molecule has 5 aliphatic rings. The lowest BCUT2D eigenvalue weighted by Gasteiger charge is -2.59. The van der Waals surface area contributed by atoms with Gasteiger partial charge in [-0.2, -0.15) is 0 Å². The van der Waals surface area contributed by atoms with Gasteiger partial charge in [0.2, 0.25) is 29.4 Å². The zero-order valence-electron chi connectivity index (χ0n) is 46.0. The molecule has 0 bridgehead atoms. The number of ketones is 2. The summed E-state index contributed by atoms with van der Waals surface area (Å²) in [4.78, 5) is 106. The molecule has 1 unspecified atom stereocenters. The van der Waals surface area contributed by atoms with E-state index in [9.17, 15) is 69.0 Å². The molecule has 1 heterocycles. The van der Waals surface area contributed by atoms with Crippen LogP contribution in [0.4, 0.5) is 15.3 Å². The van der Waals surface area contributed by atoms with Gasteiger partial charge in [-0.05, 0) is 99.0 Å². The van der Waals surface area contributed by atoms with Crippen molar-refractivity contribution in [2.24, 2.45) is 51.7 Å². The van der Waals surface area contributed by atoms with Crippen LogP contribution in [0.2, 0.25) is 0 Å².